The van der Waals surface area contributed by atoms with Gasteiger partial charge in [0.25, 0.3) is 0 Å². The third-order valence-corrected chi connectivity index (χ3v) is 9.51. The molecule has 4 atom stereocenters. The van der Waals surface area contributed by atoms with Crippen LogP contribution in [0, 0.1) is 40.5 Å². The van der Waals surface area contributed by atoms with E-state index >= 15 is 0 Å². The van der Waals surface area contributed by atoms with E-state index in [0.717, 1.165) is 35.4 Å². The van der Waals surface area contributed by atoms with Gasteiger partial charge < -0.3 is 4.74 Å². The lowest BCUT2D eigenvalue weighted by Gasteiger charge is -2.24. The van der Waals surface area contributed by atoms with E-state index in [4.69, 9.17) is 24.7 Å². The van der Waals surface area contributed by atoms with Gasteiger partial charge in [-0.3, -0.25) is 50.4 Å². The van der Waals surface area contributed by atoms with Crippen LogP contribution < -0.4 is 4.74 Å². The molecule has 0 bridgehead atoms. The number of nitro groups is 4. The Kier molecular flexibility index (Phi) is 9.22. The SMILES string of the molecule is O=[N+]([O-])C1=CC2=NC(c3ccccc3)C(c3ccc(Oc4ccc(C5=NC6=CC([N+](=O)[O-])C([N+](=O)[O-])=CC6=NC5c5ccccc5)cc4)cc3)=NC2=CC1[N+](=O)[O-]. The van der Waals surface area contributed by atoms with Crippen molar-refractivity contribution in [2.45, 2.75) is 24.2 Å². The average molecular weight is 763 g/mol. The van der Waals surface area contributed by atoms with Crippen molar-refractivity contribution in [2.24, 2.45) is 20.0 Å². The molecule has 4 aromatic carbocycles. The second-order valence-corrected chi connectivity index (χ2v) is 13.0. The van der Waals surface area contributed by atoms with Crippen LogP contribution in [0.15, 0.2) is 176 Å². The molecule has 280 valence electrons. The molecule has 4 aromatic rings. The molecule has 17 nitrogen and oxygen atoms in total. The summed E-state index contributed by atoms with van der Waals surface area (Å²) in [6.07, 6.45) is 4.51. The Labute approximate surface area is 321 Å². The zero-order chi connectivity index (χ0) is 39.8. The number of allylic oxidation sites excluding steroid dienone is 2. The highest BCUT2D eigenvalue weighted by atomic mass is 16.7. The molecule has 4 unspecified atom stereocenters. The third-order valence-electron chi connectivity index (χ3n) is 9.51. The molecule has 0 amide bonds. The van der Waals surface area contributed by atoms with Crippen LogP contribution in [0.25, 0.3) is 0 Å². The summed E-state index contributed by atoms with van der Waals surface area (Å²) in [7, 11) is 0. The number of benzene rings is 4. The van der Waals surface area contributed by atoms with Crippen molar-refractivity contribution < 1.29 is 24.4 Å². The summed E-state index contributed by atoms with van der Waals surface area (Å²) < 4.78 is 6.16. The number of rotatable bonds is 10. The lowest BCUT2D eigenvalue weighted by Crippen LogP contribution is -2.31. The van der Waals surface area contributed by atoms with Gasteiger partial charge in [0.05, 0.1) is 44.1 Å². The van der Waals surface area contributed by atoms with Gasteiger partial charge >= 0.3 is 23.5 Å². The van der Waals surface area contributed by atoms with Crippen LogP contribution >= 0.6 is 0 Å². The Balaban J connectivity index is 1.07. The van der Waals surface area contributed by atoms with Crippen LogP contribution in [0.3, 0.4) is 0 Å². The van der Waals surface area contributed by atoms with E-state index in [1.165, 1.54) is 0 Å². The Morgan fingerprint density at radius 1 is 0.491 bits per heavy atom. The fourth-order valence-corrected chi connectivity index (χ4v) is 6.78. The Morgan fingerprint density at radius 2 is 0.860 bits per heavy atom. The molecule has 0 N–H and O–H groups in total. The molecule has 0 aromatic heterocycles. The third kappa shape index (κ3) is 7.03. The molecular formula is C40H26N8O9. The van der Waals surface area contributed by atoms with Crippen LogP contribution in [-0.4, -0.2) is 54.6 Å². The maximum atomic E-state index is 11.7. The zero-order valence-electron chi connectivity index (χ0n) is 29.3. The maximum absolute atomic E-state index is 11.7. The second kappa shape index (κ2) is 14.6. The number of aliphatic imine (C=N–C) groups is 4. The maximum Gasteiger partial charge on any atom is 0.326 e. The smallest absolute Gasteiger partial charge is 0.326 e. The molecular weight excluding hydrogens is 736 g/mol. The molecule has 8 rings (SSSR count). The standard InChI is InChI=1S/C40H26N8O9/c49-45(50)33-19-29-31(21-35(33)47(53)54)43-39(37(41-29)23-7-3-1-4-8-23)25-11-15-27(16-12-25)57-28-17-13-26(14-18-28)40-38(24-9-5-2-6-10-24)42-30-20-34(46(51)52)36(48(55)56)22-32(30)44-40/h1-22,35-38H. The first-order valence-electron chi connectivity index (χ1n) is 17.3. The van der Waals surface area contributed by atoms with Gasteiger partial charge in [-0.25, -0.2) is 9.98 Å². The van der Waals surface area contributed by atoms with Crippen LogP contribution in [0.4, 0.5) is 0 Å². The van der Waals surface area contributed by atoms with Crippen LogP contribution in [0.2, 0.25) is 0 Å². The Morgan fingerprint density at radius 3 is 1.19 bits per heavy atom. The quantitative estimate of drug-likeness (QED) is 0.121. The molecule has 0 saturated heterocycles. The predicted molar refractivity (Wildman–Crippen MR) is 207 cm³/mol. The van der Waals surface area contributed by atoms with Gasteiger partial charge in [0, 0.05) is 34.2 Å². The number of fused-ring (bicyclic) bond motifs is 2. The van der Waals surface area contributed by atoms with E-state index in [-0.39, 0.29) is 22.8 Å². The van der Waals surface area contributed by atoms with Crippen molar-refractivity contribution in [3.05, 3.63) is 219 Å². The van der Waals surface area contributed by atoms with Crippen molar-refractivity contribution in [2.75, 3.05) is 0 Å². The molecule has 57 heavy (non-hydrogen) atoms. The summed E-state index contributed by atoms with van der Waals surface area (Å²) in [5.41, 5.74) is 3.32. The van der Waals surface area contributed by atoms with Crippen molar-refractivity contribution in [3.8, 4) is 11.5 Å². The first-order chi connectivity index (χ1) is 27.5. The van der Waals surface area contributed by atoms with Crippen LogP contribution in [0.1, 0.15) is 34.3 Å². The van der Waals surface area contributed by atoms with Crippen LogP contribution in [-0.2, 0) is 0 Å². The van der Waals surface area contributed by atoms with Gasteiger partial charge in [0.2, 0.25) is 0 Å². The van der Waals surface area contributed by atoms with Gasteiger partial charge in [-0.1, -0.05) is 60.7 Å². The van der Waals surface area contributed by atoms with E-state index < -0.39 is 55.3 Å². The van der Waals surface area contributed by atoms with Crippen molar-refractivity contribution in [1.29, 1.82) is 0 Å². The van der Waals surface area contributed by atoms with E-state index in [2.05, 4.69) is 0 Å². The fourth-order valence-electron chi connectivity index (χ4n) is 6.78. The van der Waals surface area contributed by atoms with E-state index in [1.807, 2.05) is 60.7 Å². The Bertz CT molecular complexity index is 2430. The zero-order valence-corrected chi connectivity index (χ0v) is 29.3. The molecule has 0 radical (unpaired) electrons. The van der Waals surface area contributed by atoms with E-state index in [0.29, 0.717) is 34.0 Å². The highest BCUT2D eigenvalue weighted by Gasteiger charge is 2.42. The van der Waals surface area contributed by atoms with Crippen molar-refractivity contribution in [3.63, 3.8) is 0 Å². The summed E-state index contributed by atoms with van der Waals surface area (Å²) in [6, 6.07) is 27.8. The minimum absolute atomic E-state index is 0.166. The number of nitrogens with zero attached hydrogens (tertiary/aromatic N) is 8. The van der Waals surface area contributed by atoms with Crippen molar-refractivity contribution >= 4 is 22.8 Å². The molecule has 0 saturated carbocycles. The minimum Gasteiger partial charge on any atom is -0.457 e. The summed E-state index contributed by atoms with van der Waals surface area (Å²) in [4.78, 5) is 62.7. The molecule has 0 fully saturated rings. The van der Waals surface area contributed by atoms with Gasteiger partial charge in [0.1, 0.15) is 23.6 Å². The average Bonchev–Trinajstić information content (AvgIpc) is 3.22. The van der Waals surface area contributed by atoms with Gasteiger partial charge in [0.15, 0.2) is 0 Å². The minimum atomic E-state index is -1.68. The van der Waals surface area contributed by atoms with Crippen molar-refractivity contribution in [1.82, 2.24) is 0 Å². The lowest BCUT2D eigenvalue weighted by atomic mass is 9.93. The number of ether oxygens (including phenoxy) is 1. The Hall–Kier alpha value is -8.08. The van der Waals surface area contributed by atoms with Crippen LogP contribution in [0.5, 0.6) is 11.5 Å². The second-order valence-electron chi connectivity index (χ2n) is 13.0. The first kappa shape index (κ1) is 35.9. The monoisotopic (exact) mass is 762 g/mol. The lowest BCUT2D eigenvalue weighted by molar-refractivity contribution is -0.544. The summed E-state index contributed by atoms with van der Waals surface area (Å²) in [6.45, 7) is 0. The fraction of sp³-hybridized carbons (Fsp3) is 0.100. The largest absolute Gasteiger partial charge is 0.457 e. The number of hydrogen-bond acceptors (Lipinski definition) is 13. The predicted octanol–water partition coefficient (Wildman–Crippen LogP) is 6.86. The van der Waals surface area contributed by atoms with Gasteiger partial charge in [-0.05, 0) is 70.8 Å². The summed E-state index contributed by atoms with van der Waals surface area (Å²) in [5, 5.41) is 46.7. The molecule has 4 aliphatic rings. The normalized spacial score (nSPS) is 21.0. The molecule has 2 aliphatic carbocycles. The highest BCUT2D eigenvalue weighted by molar-refractivity contribution is 6.19. The molecule has 0 spiro atoms. The summed E-state index contributed by atoms with van der Waals surface area (Å²) in [5.74, 6) is 0.954. The van der Waals surface area contributed by atoms with E-state index in [9.17, 15) is 40.5 Å². The first-order valence-corrected chi connectivity index (χ1v) is 17.3. The molecule has 17 heteroatoms. The molecule has 2 heterocycles. The highest BCUT2D eigenvalue weighted by Crippen LogP contribution is 2.35. The van der Waals surface area contributed by atoms with E-state index in [1.54, 1.807) is 48.5 Å². The topological polar surface area (TPSA) is 231 Å². The van der Waals surface area contributed by atoms with Gasteiger partial charge in [-0.15, -0.1) is 0 Å². The molecule has 2 aliphatic heterocycles. The number of hydrogen-bond donors (Lipinski definition) is 0. The van der Waals surface area contributed by atoms with Gasteiger partial charge in [-0.2, -0.15) is 0 Å². The summed E-state index contributed by atoms with van der Waals surface area (Å²) >= 11 is 0.